The number of nitrogens with zero attached hydrogens (tertiary/aromatic N) is 1. The summed E-state index contributed by atoms with van der Waals surface area (Å²) in [5.41, 5.74) is 0.495. The van der Waals surface area contributed by atoms with E-state index in [0.29, 0.717) is 5.41 Å². The standard InChI is InChI=1S/C15H29NO/c1-15(2,3)14-6-8-16(9-7-14)10-11-17-12-13-4-5-13/h13-14H,4-12H2,1-3H3. The molecular weight excluding hydrogens is 210 g/mol. The Labute approximate surface area is 107 Å². The Morgan fingerprint density at radius 2 is 1.71 bits per heavy atom. The van der Waals surface area contributed by atoms with Crippen molar-refractivity contribution in [2.45, 2.75) is 46.5 Å². The van der Waals surface area contributed by atoms with Crippen LogP contribution in [0.5, 0.6) is 0 Å². The van der Waals surface area contributed by atoms with Crippen LogP contribution in [-0.4, -0.2) is 37.7 Å². The predicted molar refractivity (Wildman–Crippen MR) is 72.2 cm³/mol. The first-order valence-corrected chi connectivity index (χ1v) is 7.36. The van der Waals surface area contributed by atoms with Crippen LogP contribution in [0.15, 0.2) is 0 Å². The van der Waals surface area contributed by atoms with Gasteiger partial charge in [-0.15, -0.1) is 0 Å². The lowest BCUT2D eigenvalue weighted by atomic mass is 9.75. The molecule has 1 heterocycles. The summed E-state index contributed by atoms with van der Waals surface area (Å²) in [6.07, 6.45) is 5.53. The first-order chi connectivity index (χ1) is 8.05. The third kappa shape index (κ3) is 4.59. The van der Waals surface area contributed by atoms with E-state index in [2.05, 4.69) is 25.7 Å². The number of likely N-dealkylation sites (tertiary alicyclic amines) is 1. The fourth-order valence-electron chi connectivity index (χ4n) is 2.75. The molecule has 0 N–H and O–H groups in total. The molecule has 2 aliphatic rings. The molecule has 0 unspecified atom stereocenters. The number of ether oxygens (including phenoxy) is 1. The molecule has 2 nitrogen and oxygen atoms in total. The van der Waals surface area contributed by atoms with E-state index < -0.39 is 0 Å². The molecule has 17 heavy (non-hydrogen) atoms. The van der Waals surface area contributed by atoms with Crippen LogP contribution < -0.4 is 0 Å². The summed E-state index contributed by atoms with van der Waals surface area (Å²) in [7, 11) is 0. The summed E-state index contributed by atoms with van der Waals surface area (Å²) in [6, 6.07) is 0. The zero-order chi connectivity index (χ0) is 12.3. The van der Waals surface area contributed by atoms with E-state index in [9.17, 15) is 0 Å². The van der Waals surface area contributed by atoms with Crippen LogP contribution in [0.4, 0.5) is 0 Å². The molecule has 1 saturated heterocycles. The fourth-order valence-corrected chi connectivity index (χ4v) is 2.75. The largest absolute Gasteiger partial charge is 0.380 e. The third-order valence-electron chi connectivity index (χ3n) is 4.41. The first-order valence-electron chi connectivity index (χ1n) is 7.36. The summed E-state index contributed by atoms with van der Waals surface area (Å²) in [6.45, 7) is 12.8. The minimum atomic E-state index is 0.495. The molecular formula is C15H29NO. The molecule has 1 saturated carbocycles. The van der Waals surface area contributed by atoms with Gasteiger partial charge < -0.3 is 9.64 Å². The van der Waals surface area contributed by atoms with E-state index in [1.807, 2.05) is 0 Å². The second-order valence-electron chi connectivity index (χ2n) is 7.00. The topological polar surface area (TPSA) is 12.5 Å². The number of rotatable bonds is 5. The van der Waals surface area contributed by atoms with Crippen LogP contribution in [-0.2, 0) is 4.74 Å². The summed E-state index contributed by atoms with van der Waals surface area (Å²) in [4.78, 5) is 2.58. The van der Waals surface area contributed by atoms with Gasteiger partial charge in [-0.2, -0.15) is 0 Å². The molecule has 0 bridgehead atoms. The Bertz CT molecular complexity index is 222. The van der Waals surface area contributed by atoms with Gasteiger partial charge in [-0.3, -0.25) is 0 Å². The minimum Gasteiger partial charge on any atom is -0.380 e. The van der Waals surface area contributed by atoms with Gasteiger partial charge in [-0.05, 0) is 56.0 Å². The molecule has 0 aromatic rings. The van der Waals surface area contributed by atoms with Crippen LogP contribution in [0.2, 0.25) is 0 Å². The van der Waals surface area contributed by atoms with Crippen LogP contribution in [0.1, 0.15) is 46.5 Å². The smallest absolute Gasteiger partial charge is 0.0593 e. The highest BCUT2D eigenvalue weighted by atomic mass is 16.5. The molecule has 1 aliphatic heterocycles. The second kappa shape index (κ2) is 5.71. The third-order valence-corrected chi connectivity index (χ3v) is 4.41. The van der Waals surface area contributed by atoms with Crippen molar-refractivity contribution in [3.63, 3.8) is 0 Å². The van der Waals surface area contributed by atoms with Crippen molar-refractivity contribution >= 4 is 0 Å². The molecule has 0 spiro atoms. The van der Waals surface area contributed by atoms with Crippen molar-refractivity contribution in [1.29, 1.82) is 0 Å². The molecule has 1 aliphatic carbocycles. The highest BCUT2D eigenvalue weighted by Crippen LogP contribution is 2.34. The fraction of sp³-hybridized carbons (Fsp3) is 1.00. The van der Waals surface area contributed by atoms with Gasteiger partial charge in [0.1, 0.15) is 0 Å². The molecule has 0 aromatic heterocycles. The van der Waals surface area contributed by atoms with Crippen LogP contribution >= 0.6 is 0 Å². The van der Waals surface area contributed by atoms with E-state index >= 15 is 0 Å². The van der Waals surface area contributed by atoms with Gasteiger partial charge in [-0.25, -0.2) is 0 Å². The predicted octanol–water partition coefficient (Wildman–Crippen LogP) is 3.17. The van der Waals surface area contributed by atoms with Gasteiger partial charge in [0.05, 0.1) is 6.61 Å². The number of hydrogen-bond acceptors (Lipinski definition) is 2. The van der Waals surface area contributed by atoms with Gasteiger partial charge >= 0.3 is 0 Å². The maximum atomic E-state index is 5.71. The SMILES string of the molecule is CC(C)(C)C1CCN(CCOCC2CC2)CC1. The average Bonchev–Trinajstić information content (AvgIpc) is 3.08. The van der Waals surface area contributed by atoms with Crippen molar-refractivity contribution in [2.75, 3.05) is 32.8 Å². The maximum Gasteiger partial charge on any atom is 0.0593 e. The molecule has 0 radical (unpaired) electrons. The molecule has 0 aromatic carbocycles. The van der Waals surface area contributed by atoms with E-state index in [1.54, 1.807) is 0 Å². The zero-order valence-electron chi connectivity index (χ0n) is 11.9. The van der Waals surface area contributed by atoms with Crippen molar-refractivity contribution in [3.05, 3.63) is 0 Å². The molecule has 2 fully saturated rings. The zero-order valence-corrected chi connectivity index (χ0v) is 11.9. The summed E-state index contributed by atoms with van der Waals surface area (Å²) >= 11 is 0. The van der Waals surface area contributed by atoms with Crippen LogP contribution in [0, 0.1) is 17.3 Å². The molecule has 0 atom stereocenters. The molecule has 2 heteroatoms. The lowest BCUT2D eigenvalue weighted by molar-refractivity contribution is 0.0656. The van der Waals surface area contributed by atoms with Gasteiger partial charge in [0, 0.05) is 13.2 Å². The van der Waals surface area contributed by atoms with Crippen LogP contribution in [0.25, 0.3) is 0 Å². The Kier molecular flexibility index (Phi) is 4.48. The molecule has 0 amide bonds. The molecule has 2 rings (SSSR count). The highest BCUT2D eigenvalue weighted by Gasteiger charge is 2.28. The van der Waals surface area contributed by atoms with E-state index in [-0.39, 0.29) is 0 Å². The summed E-state index contributed by atoms with van der Waals surface area (Å²) in [5.74, 6) is 1.81. The van der Waals surface area contributed by atoms with Crippen molar-refractivity contribution in [2.24, 2.45) is 17.3 Å². The number of hydrogen-bond donors (Lipinski definition) is 0. The Balaban J connectivity index is 1.55. The van der Waals surface area contributed by atoms with Crippen LogP contribution in [0.3, 0.4) is 0 Å². The maximum absolute atomic E-state index is 5.71. The average molecular weight is 239 g/mol. The Morgan fingerprint density at radius 1 is 1.06 bits per heavy atom. The van der Waals surface area contributed by atoms with Crippen molar-refractivity contribution in [1.82, 2.24) is 4.90 Å². The lowest BCUT2D eigenvalue weighted by Gasteiger charge is -2.38. The van der Waals surface area contributed by atoms with Gasteiger partial charge in [0.25, 0.3) is 0 Å². The monoisotopic (exact) mass is 239 g/mol. The quantitative estimate of drug-likeness (QED) is 0.683. The van der Waals surface area contributed by atoms with Gasteiger partial charge in [0.15, 0.2) is 0 Å². The van der Waals surface area contributed by atoms with E-state index in [0.717, 1.165) is 31.6 Å². The van der Waals surface area contributed by atoms with E-state index in [1.165, 1.54) is 38.8 Å². The first kappa shape index (κ1) is 13.4. The van der Waals surface area contributed by atoms with Crippen molar-refractivity contribution in [3.8, 4) is 0 Å². The lowest BCUT2D eigenvalue weighted by Crippen LogP contribution is -2.39. The number of piperidine rings is 1. The molecule has 100 valence electrons. The normalized spacial score (nSPS) is 24.2. The second-order valence-corrected chi connectivity index (χ2v) is 7.00. The van der Waals surface area contributed by atoms with E-state index in [4.69, 9.17) is 4.74 Å². The summed E-state index contributed by atoms with van der Waals surface area (Å²) < 4.78 is 5.71. The summed E-state index contributed by atoms with van der Waals surface area (Å²) in [5, 5.41) is 0. The van der Waals surface area contributed by atoms with Crippen molar-refractivity contribution < 1.29 is 4.74 Å². The Hall–Kier alpha value is -0.0800. The minimum absolute atomic E-state index is 0.495. The highest BCUT2D eigenvalue weighted by molar-refractivity contribution is 4.80. The van der Waals surface area contributed by atoms with Gasteiger partial charge in [0.2, 0.25) is 0 Å². The van der Waals surface area contributed by atoms with Gasteiger partial charge in [-0.1, -0.05) is 20.8 Å². The Morgan fingerprint density at radius 3 is 2.24 bits per heavy atom.